The Morgan fingerprint density at radius 3 is 2.75 bits per heavy atom. The summed E-state index contributed by atoms with van der Waals surface area (Å²) in [6.07, 6.45) is 2.38. The van der Waals surface area contributed by atoms with E-state index in [2.05, 4.69) is 21.0 Å². The molecule has 0 saturated carbocycles. The molecule has 24 heavy (non-hydrogen) atoms. The fourth-order valence-corrected chi connectivity index (χ4v) is 3.45. The first-order chi connectivity index (χ1) is 11.4. The van der Waals surface area contributed by atoms with E-state index in [0.717, 1.165) is 15.7 Å². The third-order valence-corrected chi connectivity index (χ3v) is 4.79. The summed E-state index contributed by atoms with van der Waals surface area (Å²) in [4.78, 5) is 29.0. The number of rotatable bonds is 2. The van der Waals surface area contributed by atoms with Crippen molar-refractivity contribution in [2.45, 2.75) is 12.5 Å². The van der Waals surface area contributed by atoms with Gasteiger partial charge in [-0.15, -0.1) is 0 Å². The van der Waals surface area contributed by atoms with Crippen LogP contribution in [0.1, 0.15) is 27.7 Å². The third kappa shape index (κ3) is 2.84. The van der Waals surface area contributed by atoms with E-state index in [-0.39, 0.29) is 11.8 Å². The molecule has 6 nitrogen and oxygen atoms in total. The fraction of sp³-hybridized carbons (Fsp3) is 0.353. The number of carbonyl (C=O) groups is 2. The van der Waals surface area contributed by atoms with Crippen LogP contribution in [0.2, 0.25) is 0 Å². The van der Waals surface area contributed by atoms with Gasteiger partial charge < -0.3 is 9.80 Å². The Bertz CT molecular complexity index is 800. The SMILES string of the molecule is CN(C)C(=O)C1c2cnn(C)c2CCN1C(=O)c1cccc(Br)c1. The summed E-state index contributed by atoms with van der Waals surface area (Å²) in [7, 11) is 5.27. The molecule has 0 saturated heterocycles. The average Bonchev–Trinajstić information content (AvgIpc) is 2.94. The molecule has 3 rings (SSSR count). The maximum absolute atomic E-state index is 13.0. The summed E-state index contributed by atoms with van der Waals surface area (Å²) in [5, 5.41) is 4.27. The Kier molecular flexibility index (Phi) is 4.45. The van der Waals surface area contributed by atoms with Crippen LogP contribution in [0.25, 0.3) is 0 Å². The maximum Gasteiger partial charge on any atom is 0.254 e. The van der Waals surface area contributed by atoms with E-state index in [0.29, 0.717) is 18.5 Å². The molecule has 1 aliphatic heterocycles. The highest BCUT2D eigenvalue weighted by Crippen LogP contribution is 2.32. The highest BCUT2D eigenvalue weighted by Gasteiger charge is 2.38. The van der Waals surface area contributed by atoms with Crippen LogP contribution in [0.5, 0.6) is 0 Å². The predicted molar refractivity (Wildman–Crippen MR) is 93.5 cm³/mol. The second-order valence-corrected chi connectivity index (χ2v) is 6.98. The first kappa shape index (κ1) is 16.7. The number of amides is 2. The number of aryl methyl sites for hydroxylation is 1. The lowest BCUT2D eigenvalue weighted by atomic mass is 9.96. The largest absolute Gasteiger partial charge is 0.347 e. The minimum absolute atomic E-state index is 0.118. The van der Waals surface area contributed by atoms with Crippen LogP contribution in [0, 0.1) is 0 Å². The molecule has 0 spiro atoms. The van der Waals surface area contributed by atoms with Gasteiger partial charge in [0.15, 0.2) is 0 Å². The van der Waals surface area contributed by atoms with Crippen molar-refractivity contribution in [3.8, 4) is 0 Å². The summed E-state index contributed by atoms with van der Waals surface area (Å²) in [5.41, 5.74) is 2.38. The van der Waals surface area contributed by atoms with Crippen LogP contribution in [0.4, 0.5) is 0 Å². The van der Waals surface area contributed by atoms with Crippen LogP contribution in [-0.2, 0) is 18.3 Å². The molecule has 0 radical (unpaired) electrons. The fourth-order valence-electron chi connectivity index (χ4n) is 3.05. The molecule has 2 heterocycles. The molecule has 126 valence electrons. The zero-order chi connectivity index (χ0) is 17.4. The van der Waals surface area contributed by atoms with Crippen molar-refractivity contribution in [1.82, 2.24) is 19.6 Å². The minimum atomic E-state index is -0.635. The van der Waals surface area contributed by atoms with Crippen molar-refractivity contribution in [3.63, 3.8) is 0 Å². The van der Waals surface area contributed by atoms with Gasteiger partial charge in [-0.25, -0.2) is 0 Å². The van der Waals surface area contributed by atoms with E-state index in [1.54, 1.807) is 42.0 Å². The molecule has 1 aliphatic rings. The lowest BCUT2D eigenvalue weighted by Gasteiger charge is -2.36. The molecule has 0 N–H and O–H groups in total. The predicted octanol–water partition coefficient (Wildman–Crippen LogP) is 2.01. The number of aromatic nitrogens is 2. The second-order valence-electron chi connectivity index (χ2n) is 6.06. The second kappa shape index (κ2) is 6.39. The van der Waals surface area contributed by atoms with Crippen LogP contribution in [0.3, 0.4) is 0 Å². The summed E-state index contributed by atoms with van der Waals surface area (Å²) >= 11 is 3.39. The van der Waals surface area contributed by atoms with E-state index >= 15 is 0 Å². The normalized spacial score (nSPS) is 16.7. The van der Waals surface area contributed by atoms with E-state index in [9.17, 15) is 9.59 Å². The van der Waals surface area contributed by atoms with Crippen molar-refractivity contribution >= 4 is 27.7 Å². The number of hydrogen-bond acceptors (Lipinski definition) is 3. The number of likely N-dealkylation sites (N-methyl/N-ethyl adjacent to an activating group) is 1. The zero-order valence-electron chi connectivity index (χ0n) is 13.9. The molecule has 1 aromatic carbocycles. The van der Waals surface area contributed by atoms with Crippen molar-refractivity contribution in [3.05, 3.63) is 51.8 Å². The molecule has 2 amide bonds. The van der Waals surface area contributed by atoms with Crippen molar-refractivity contribution in [1.29, 1.82) is 0 Å². The van der Waals surface area contributed by atoms with E-state index in [4.69, 9.17) is 0 Å². The molecule has 0 fully saturated rings. The first-order valence-corrected chi connectivity index (χ1v) is 8.48. The molecule has 0 bridgehead atoms. The van der Waals surface area contributed by atoms with Gasteiger partial charge in [-0.05, 0) is 18.2 Å². The Labute approximate surface area is 149 Å². The summed E-state index contributed by atoms with van der Waals surface area (Å²) < 4.78 is 2.62. The smallest absolute Gasteiger partial charge is 0.254 e. The van der Waals surface area contributed by atoms with Gasteiger partial charge in [0.2, 0.25) is 5.91 Å². The van der Waals surface area contributed by atoms with Gasteiger partial charge in [0.05, 0.1) is 6.20 Å². The van der Waals surface area contributed by atoms with Gasteiger partial charge in [0.25, 0.3) is 5.91 Å². The lowest BCUT2D eigenvalue weighted by molar-refractivity contribution is -0.134. The molecule has 7 heteroatoms. The highest BCUT2D eigenvalue weighted by molar-refractivity contribution is 9.10. The van der Waals surface area contributed by atoms with Gasteiger partial charge in [-0.2, -0.15) is 5.10 Å². The Morgan fingerprint density at radius 1 is 1.33 bits per heavy atom. The summed E-state index contributed by atoms with van der Waals surface area (Å²) in [6, 6.07) is 6.60. The summed E-state index contributed by atoms with van der Waals surface area (Å²) in [5.74, 6) is -0.265. The Balaban J connectivity index is 2.03. The molecule has 0 aliphatic carbocycles. The number of halogens is 1. The van der Waals surface area contributed by atoms with E-state index in [1.165, 1.54) is 4.90 Å². The maximum atomic E-state index is 13.0. The lowest BCUT2D eigenvalue weighted by Crippen LogP contribution is -2.47. The summed E-state index contributed by atoms with van der Waals surface area (Å²) in [6.45, 7) is 0.488. The van der Waals surface area contributed by atoms with Crippen LogP contribution in [-0.4, -0.2) is 52.0 Å². The van der Waals surface area contributed by atoms with Crippen LogP contribution >= 0.6 is 15.9 Å². The number of fused-ring (bicyclic) bond motifs is 1. The zero-order valence-corrected chi connectivity index (χ0v) is 15.4. The van der Waals surface area contributed by atoms with Crippen molar-refractivity contribution in [2.24, 2.45) is 7.05 Å². The highest BCUT2D eigenvalue weighted by atomic mass is 79.9. The number of benzene rings is 1. The Hall–Kier alpha value is -2.15. The molecular formula is C17H19BrN4O2. The van der Waals surface area contributed by atoms with Gasteiger partial charge in [0.1, 0.15) is 6.04 Å². The monoisotopic (exact) mass is 390 g/mol. The Morgan fingerprint density at radius 2 is 2.08 bits per heavy atom. The van der Waals surface area contributed by atoms with Gasteiger partial charge in [-0.3, -0.25) is 14.3 Å². The first-order valence-electron chi connectivity index (χ1n) is 7.68. The van der Waals surface area contributed by atoms with Crippen LogP contribution < -0.4 is 0 Å². The number of nitrogens with zero attached hydrogens (tertiary/aromatic N) is 4. The van der Waals surface area contributed by atoms with Gasteiger partial charge in [-0.1, -0.05) is 22.0 Å². The standard InChI is InChI=1S/C17H19BrN4O2/c1-20(2)17(24)15-13-10-19-21(3)14(13)7-8-22(15)16(23)11-5-4-6-12(18)9-11/h4-6,9-10,15H,7-8H2,1-3H3. The molecule has 1 atom stereocenters. The van der Waals surface area contributed by atoms with Crippen LogP contribution in [0.15, 0.2) is 34.9 Å². The number of hydrogen-bond donors (Lipinski definition) is 0. The molecule has 1 aromatic heterocycles. The van der Waals surface area contributed by atoms with Gasteiger partial charge in [0, 0.05) is 55.4 Å². The van der Waals surface area contributed by atoms with Crippen molar-refractivity contribution < 1.29 is 9.59 Å². The third-order valence-electron chi connectivity index (χ3n) is 4.30. The van der Waals surface area contributed by atoms with E-state index < -0.39 is 6.04 Å². The topological polar surface area (TPSA) is 58.4 Å². The minimum Gasteiger partial charge on any atom is -0.347 e. The average molecular weight is 391 g/mol. The molecule has 1 unspecified atom stereocenters. The quantitative estimate of drug-likeness (QED) is 0.787. The van der Waals surface area contributed by atoms with E-state index in [1.807, 2.05) is 19.2 Å². The van der Waals surface area contributed by atoms with Gasteiger partial charge >= 0.3 is 0 Å². The van der Waals surface area contributed by atoms with Crippen molar-refractivity contribution in [2.75, 3.05) is 20.6 Å². The number of carbonyl (C=O) groups excluding carboxylic acids is 2. The molecule has 2 aromatic rings. The molecular weight excluding hydrogens is 372 g/mol.